The van der Waals surface area contributed by atoms with Crippen LogP contribution in [0.5, 0.6) is 0 Å². The van der Waals surface area contributed by atoms with Crippen molar-refractivity contribution in [3.05, 3.63) is 77.2 Å². The summed E-state index contributed by atoms with van der Waals surface area (Å²) >= 11 is 0. The summed E-state index contributed by atoms with van der Waals surface area (Å²) in [6, 6.07) is 6.81. The molecule has 0 heterocycles. The monoisotopic (exact) mass is 394 g/mol. The lowest BCUT2D eigenvalue weighted by Gasteiger charge is -2.37. The van der Waals surface area contributed by atoms with Gasteiger partial charge in [-0.25, -0.2) is 4.39 Å². The van der Waals surface area contributed by atoms with Gasteiger partial charge in [0.15, 0.2) is 5.78 Å². The molecule has 0 aromatic heterocycles. The first-order chi connectivity index (χ1) is 13.4. The molecule has 0 amide bonds. The van der Waals surface area contributed by atoms with Gasteiger partial charge in [-0.1, -0.05) is 89.1 Å². The number of hydrogen-bond donors (Lipinski definition) is 0. The minimum atomic E-state index is -0.173. The van der Waals surface area contributed by atoms with Gasteiger partial charge < -0.3 is 0 Å². The van der Waals surface area contributed by atoms with Crippen LogP contribution in [0.25, 0.3) is 6.08 Å². The van der Waals surface area contributed by atoms with Gasteiger partial charge in [-0.2, -0.15) is 0 Å². The van der Waals surface area contributed by atoms with E-state index in [0.29, 0.717) is 5.92 Å². The Morgan fingerprint density at radius 1 is 0.966 bits per heavy atom. The lowest BCUT2D eigenvalue weighted by atomic mass is 9.68. The minimum absolute atomic E-state index is 0.103. The van der Waals surface area contributed by atoms with Gasteiger partial charge in [-0.15, -0.1) is 0 Å². The van der Waals surface area contributed by atoms with Crippen LogP contribution in [0.15, 0.2) is 65.8 Å². The van der Waals surface area contributed by atoms with Crippen molar-refractivity contribution >= 4 is 11.9 Å². The van der Waals surface area contributed by atoms with E-state index in [2.05, 4.69) is 53.7 Å². The fourth-order valence-electron chi connectivity index (χ4n) is 3.44. The van der Waals surface area contributed by atoms with Crippen molar-refractivity contribution in [2.24, 2.45) is 16.7 Å². The van der Waals surface area contributed by atoms with Crippen molar-refractivity contribution in [3.8, 4) is 0 Å². The molecule has 0 fully saturated rings. The molecule has 2 aliphatic rings. The molecule has 0 spiro atoms. The van der Waals surface area contributed by atoms with Gasteiger partial charge in [-0.05, 0) is 65.9 Å². The molecule has 0 saturated heterocycles. The van der Waals surface area contributed by atoms with E-state index in [1.807, 2.05) is 24.3 Å². The molecule has 2 heteroatoms. The quantitative estimate of drug-likeness (QED) is 0.446. The highest BCUT2D eigenvalue weighted by Crippen LogP contribution is 2.44. The summed E-state index contributed by atoms with van der Waals surface area (Å²) in [6.07, 6.45) is 14.7. The first-order valence-corrected chi connectivity index (χ1v) is 10.5. The van der Waals surface area contributed by atoms with Crippen LogP contribution in [-0.4, -0.2) is 5.78 Å². The van der Waals surface area contributed by atoms with Crippen molar-refractivity contribution in [1.82, 2.24) is 0 Å². The fourth-order valence-corrected chi connectivity index (χ4v) is 3.44. The van der Waals surface area contributed by atoms with Crippen LogP contribution in [0.3, 0.4) is 0 Å². The third-order valence-electron chi connectivity index (χ3n) is 5.45. The molecule has 0 bridgehead atoms. The molecule has 0 saturated carbocycles. The molecule has 1 atom stereocenters. The zero-order valence-corrected chi connectivity index (χ0v) is 18.8. The molecule has 1 nitrogen and oxygen atoms in total. The number of carbonyl (C=O) groups is 1. The molecular weight excluding hydrogens is 359 g/mol. The Kier molecular flexibility index (Phi) is 7.57. The summed E-state index contributed by atoms with van der Waals surface area (Å²) in [6.45, 7) is 13.8. The maximum absolute atomic E-state index is 13.1. The van der Waals surface area contributed by atoms with E-state index in [1.54, 1.807) is 12.2 Å². The molecule has 0 aliphatic heterocycles. The van der Waals surface area contributed by atoms with E-state index in [4.69, 9.17) is 0 Å². The van der Waals surface area contributed by atoms with Crippen LogP contribution in [0.2, 0.25) is 0 Å². The van der Waals surface area contributed by atoms with Crippen molar-refractivity contribution in [1.29, 1.82) is 0 Å². The number of benzene rings is 1. The van der Waals surface area contributed by atoms with Gasteiger partial charge in [0.05, 0.1) is 0 Å². The van der Waals surface area contributed by atoms with Gasteiger partial charge >= 0.3 is 0 Å². The largest absolute Gasteiger partial charge is 0.290 e. The Morgan fingerprint density at radius 2 is 1.55 bits per heavy atom. The lowest BCUT2D eigenvalue weighted by Crippen LogP contribution is -2.25. The zero-order valence-electron chi connectivity index (χ0n) is 18.8. The fraction of sp³-hybridized carbons (Fsp3) is 0.444. The Balaban J connectivity index is 0.000000360. The summed E-state index contributed by atoms with van der Waals surface area (Å²) in [5, 5.41) is 0. The molecule has 1 aromatic carbocycles. The highest BCUT2D eigenvalue weighted by atomic mass is 19.1. The van der Waals surface area contributed by atoms with Crippen molar-refractivity contribution in [2.45, 2.75) is 60.8 Å². The third kappa shape index (κ3) is 7.61. The number of rotatable bonds is 1. The summed E-state index contributed by atoms with van der Waals surface area (Å²) < 4.78 is 13.1. The first kappa shape index (κ1) is 23.1. The Labute approximate surface area is 176 Å². The molecule has 29 heavy (non-hydrogen) atoms. The summed E-state index contributed by atoms with van der Waals surface area (Å²) in [4.78, 5) is 10.3. The average molecular weight is 395 g/mol. The Morgan fingerprint density at radius 3 is 2.00 bits per heavy atom. The maximum atomic E-state index is 13.1. The van der Waals surface area contributed by atoms with Gasteiger partial charge in [0.1, 0.15) is 5.82 Å². The third-order valence-corrected chi connectivity index (χ3v) is 5.45. The number of halogens is 1. The van der Waals surface area contributed by atoms with Crippen LogP contribution < -0.4 is 0 Å². The Bertz CT molecular complexity index is 807. The molecule has 0 radical (unpaired) electrons. The van der Waals surface area contributed by atoms with Crippen LogP contribution in [0, 0.1) is 22.6 Å². The SMILES string of the molecule is CC(C)(C)C1=CC(C(C)(C)C)CC(=Cc2ccc(F)cc2)C1.O=C1C=CCC=C1. The summed E-state index contributed by atoms with van der Waals surface area (Å²) in [5.41, 5.74) is 4.54. The second-order valence-electron chi connectivity index (χ2n) is 10.1. The van der Waals surface area contributed by atoms with Crippen LogP contribution in [-0.2, 0) is 4.79 Å². The van der Waals surface area contributed by atoms with E-state index < -0.39 is 0 Å². The zero-order chi connectivity index (χ0) is 21.7. The van der Waals surface area contributed by atoms with Crippen molar-refractivity contribution < 1.29 is 9.18 Å². The highest BCUT2D eigenvalue weighted by Gasteiger charge is 2.30. The molecule has 2 aliphatic carbocycles. The van der Waals surface area contributed by atoms with E-state index in [-0.39, 0.29) is 22.4 Å². The molecule has 156 valence electrons. The molecule has 3 rings (SSSR count). The maximum Gasteiger partial charge on any atom is 0.178 e. The predicted molar refractivity (Wildman–Crippen MR) is 122 cm³/mol. The van der Waals surface area contributed by atoms with Gasteiger partial charge in [-0.3, -0.25) is 4.79 Å². The molecule has 1 aromatic rings. The summed E-state index contributed by atoms with van der Waals surface area (Å²) in [7, 11) is 0. The number of hydrogen-bond acceptors (Lipinski definition) is 1. The standard InChI is InChI=1S/C21H29F.C6H6O/c1-20(2,3)17-12-16(13-18(14-17)21(4,5)6)11-15-7-9-19(22)10-8-15;7-6-4-2-1-3-5-6/h7-11,14,17H,12-13H2,1-6H3;2-5H,1H2. The van der Waals surface area contributed by atoms with Crippen LogP contribution in [0.4, 0.5) is 4.39 Å². The summed E-state index contributed by atoms with van der Waals surface area (Å²) in [5.74, 6) is 0.488. The van der Waals surface area contributed by atoms with Gasteiger partial charge in [0.25, 0.3) is 0 Å². The first-order valence-electron chi connectivity index (χ1n) is 10.5. The average Bonchev–Trinajstić information content (AvgIpc) is 2.63. The van der Waals surface area contributed by atoms with Crippen LogP contribution in [0.1, 0.15) is 66.4 Å². The lowest BCUT2D eigenvalue weighted by molar-refractivity contribution is -0.110. The number of carbonyl (C=O) groups excluding carboxylic acids is 1. The predicted octanol–water partition coefficient (Wildman–Crippen LogP) is 7.71. The van der Waals surface area contributed by atoms with E-state index >= 15 is 0 Å². The second-order valence-corrected chi connectivity index (χ2v) is 10.1. The smallest absolute Gasteiger partial charge is 0.178 e. The molecule has 0 N–H and O–H groups in total. The van der Waals surface area contributed by atoms with Gasteiger partial charge in [0, 0.05) is 0 Å². The second kappa shape index (κ2) is 9.52. The Hall–Kier alpha value is -2.22. The van der Waals surface area contributed by atoms with E-state index in [1.165, 1.54) is 23.3 Å². The van der Waals surface area contributed by atoms with E-state index in [0.717, 1.165) is 24.8 Å². The normalized spacial score (nSPS) is 20.9. The van der Waals surface area contributed by atoms with Crippen LogP contribution >= 0.6 is 0 Å². The number of allylic oxidation sites excluding steroid dienone is 7. The van der Waals surface area contributed by atoms with Crippen molar-refractivity contribution in [2.75, 3.05) is 0 Å². The molecular formula is C27H35FO. The molecule has 1 unspecified atom stereocenters. The van der Waals surface area contributed by atoms with E-state index in [9.17, 15) is 9.18 Å². The minimum Gasteiger partial charge on any atom is -0.290 e. The number of ketones is 1. The topological polar surface area (TPSA) is 17.1 Å². The van der Waals surface area contributed by atoms with Gasteiger partial charge in [0.2, 0.25) is 0 Å². The highest BCUT2D eigenvalue weighted by molar-refractivity contribution is 5.99. The van der Waals surface area contributed by atoms with Crippen molar-refractivity contribution in [3.63, 3.8) is 0 Å².